The fourth-order valence-electron chi connectivity index (χ4n) is 2.01. The van der Waals surface area contributed by atoms with Crippen LogP contribution in [0.5, 0.6) is 11.5 Å². The van der Waals surface area contributed by atoms with Crippen LogP contribution in [0.4, 0.5) is 5.69 Å². The Hall–Kier alpha value is -3.42. The van der Waals surface area contributed by atoms with Gasteiger partial charge in [-0.1, -0.05) is 13.3 Å². The van der Waals surface area contributed by atoms with Gasteiger partial charge in [-0.05, 0) is 48.4 Å². The number of rotatable bonds is 10. The van der Waals surface area contributed by atoms with E-state index in [0.717, 1.165) is 24.2 Å². The van der Waals surface area contributed by atoms with E-state index in [4.69, 9.17) is 9.47 Å². The summed E-state index contributed by atoms with van der Waals surface area (Å²) in [6.45, 7) is 2.54. The second-order valence-corrected chi connectivity index (χ2v) is 5.60. The highest BCUT2D eigenvalue weighted by atomic mass is 16.6. The number of ether oxygens (including phenoxy) is 2. The SMILES string of the molecule is CCCCOc1ccc(/C=N/NC(=O)COc2ccc([N+](=O)[O-])cc2)cc1. The topological polar surface area (TPSA) is 103 Å². The van der Waals surface area contributed by atoms with Gasteiger partial charge < -0.3 is 9.47 Å². The van der Waals surface area contributed by atoms with Crippen LogP contribution in [0.1, 0.15) is 25.3 Å². The van der Waals surface area contributed by atoms with Crippen LogP contribution in [0.2, 0.25) is 0 Å². The molecule has 2 rings (SSSR count). The Labute approximate surface area is 157 Å². The first-order valence-corrected chi connectivity index (χ1v) is 8.50. The molecule has 0 saturated carbocycles. The van der Waals surface area contributed by atoms with Gasteiger partial charge in [0.2, 0.25) is 0 Å². The zero-order chi connectivity index (χ0) is 19.5. The number of amides is 1. The largest absolute Gasteiger partial charge is 0.494 e. The van der Waals surface area contributed by atoms with Gasteiger partial charge in [0.25, 0.3) is 11.6 Å². The van der Waals surface area contributed by atoms with Crippen LogP contribution in [0.15, 0.2) is 53.6 Å². The lowest BCUT2D eigenvalue weighted by molar-refractivity contribution is -0.384. The average Bonchev–Trinajstić information content (AvgIpc) is 2.68. The van der Waals surface area contributed by atoms with Crippen molar-refractivity contribution in [2.75, 3.05) is 13.2 Å². The highest BCUT2D eigenvalue weighted by molar-refractivity contribution is 5.83. The highest BCUT2D eigenvalue weighted by Crippen LogP contribution is 2.17. The van der Waals surface area contributed by atoms with Crippen molar-refractivity contribution < 1.29 is 19.2 Å². The summed E-state index contributed by atoms with van der Waals surface area (Å²) in [5, 5.41) is 14.4. The van der Waals surface area contributed by atoms with Crippen LogP contribution in [0.25, 0.3) is 0 Å². The molecule has 0 radical (unpaired) electrons. The molecule has 2 aromatic rings. The van der Waals surface area contributed by atoms with Gasteiger partial charge in [0.05, 0.1) is 17.7 Å². The third-order valence-corrected chi connectivity index (χ3v) is 3.47. The molecule has 142 valence electrons. The predicted octanol–water partition coefficient (Wildman–Crippen LogP) is 3.30. The Morgan fingerprint density at radius 1 is 1.11 bits per heavy atom. The number of unbranched alkanes of at least 4 members (excludes halogenated alkanes) is 1. The predicted molar refractivity (Wildman–Crippen MR) is 101 cm³/mol. The van der Waals surface area contributed by atoms with Crippen LogP contribution in [0, 0.1) is 10.1 Å². The standard InChI is InChI=1S/C19H21N3O5/c1-2-3-12-26-17-8-4-15(5-9-17)13-20-21-19(23)14-27-18-10-6-16(7-11-18)22(24)25/h4-11,13H,2-3,12,14H2,1H3,(H,21,23)/b20-13+. The molecule has 0 fully saturated rings. The molecule has 0 atom stereocenters. The van der Waals surface area contributed by atoms with Crippen molar-refractivity contribution in [3.63, 3.8) is 0 Å². The van der Waals surface area contributed by atoms with Crippen molar-refractivity contribution in [2.24, 2.45) is 5.10 Å². The monoisotopic (exact) mass is 371 g/mol. The van der Waals surface area contributed by atoms with Crippen molar-refractivity contribution in [1.82, 2.24) is 5.43 Å². The van der Waals surface area contributed by atoms with E-state index in [1.54, 1.807) is 0 Å². The molecule has 27 heavy (non-hydrogen) atoms. The Morgan fingerprint density at radius 2 is 1.74 bits per heavy atom. The molecule has 1 amide bonds. The Bertz CT molecular complexity index is 773. The Kier molecular flexibility index (Phi) is 7.77. The second-order valence-electron chi connectivity index (χ2n) is 5.60. The third-order valence-electron chi connectivity index (χ3n) is 3.47. The summed E-state index contributed by atoms with van der Waals surface area (Å²) in [4.78, 5) is 21.8. The number of non-ortho nitro benzene ring substituents is 1. The van der Waals surface area contributed by atoms with Gasteiger partial charge in [-0.3, -0.25) is 14.9 Å². The van der Waals surface area contributed by atoms with Gasteiger partial charge >= 0.3 is 0 Å². The molecule has 0 spiro atoms. The lowest BCUT2D eigenvalue weighted by atomic mass is 10.2. The molecule has 2 aromatic carbocycles. The number of nitro groups is 1. The summed E-state index contributed by atoms with van der Waals surface area (Å²) in [6.07, 6.45) is 3.61. The number of hydrazone groups is 1. The smallest absolute Gasteiger partial charge is 0.277 e. The van der Waals surface area contributed by atoms with Gasteiger partial charge in [0, 0.05) is 12.1 Å². The fraction of sp³-hybridized carbons (Fsp3) is 0.263. The molecule has 0 unspecified atom stereocenters. The molecule has 8 nitrogen and oxygen atoms in total. The average molecular weight is 371 g/mol. The normalized spacial score (nSPS) is 10.6. The van der Waals surface area contributed by atoms with Crippen LogP contribution in [-0.4, -0.2) is 30.3 Å². The molecule has 0 bridgehead atoms. The minimum absolute atomic E-state index is 0.0433. The number of nitrogens with zero attached hydrogens (tertiary/aromatic N) is 2. The number of nitro benzene ring substituents is 1. The summed E-state index contributed by atoms with van der Waals surface area (Å²) in [6, 6.07) is 12.8. The summed E-state index contributed by atoms with van der Waals surface area (Å²) < 4.78 is 10.8. The molecular formula is C19H21N3O5. The molecular weight excluding hydrogens is 350 g/mol. The molecule has 0 heterocycles. The van der Waals surface area contributed by atoms with E-state index in [1.807, 2.05) is 24.3 Å². The lowest BCUT2D eigenvalue weighted by Crippen LogP contribution is -2.24. The first-order chi connectivity index (χ1) is 13.1. The van der Waals surface area contributed by atoms with E-state index in [1.165, 1.54) is 30.5 Å². The molecule has 0 aliphatic rings. The van der Waals surface area contributed by atoms with Crippen molar-refractivity contribution in [1.29, 1.82) is 0 Å². The number of carbonyl (C=O) groups excluding carboxylic acids is 1. The first-order valence-electron chi connectivity index (χ1n) is 8.50. The second kappa shape index (κ2) is 10.5. The number of nitrogens with one attached hydrogen (secondary N) is 1. The molecule has 0 aliphatic heterocycles. The van der Waals surface area contributed by atoms with E-state index >= 15 is 0 Å². The summed E-state index contributed by atoms with van der Waals surface area (Å²) in [5.41, 5.74) is 3.12. The van der Waals surface area contributed by atoms with Crippen molar-refractivity contribution in [3.8, 4) is 11.5 Å². The van der Waals surface area contributed by atoms with Crippen molar-refractivity contribution >= 4 is 17.8 Å². The van der Waals surface area contributed by atoms with Crippen LogP contribution < -0.4 is 14.9 Å². The van der Waals surface area contributed by atoms with E-state index in [2.05, 4.69) is 17.5 Å². The number of hydrogen-bond acceptors (Lipinski definition) is 6. The van der Waals surface area contributed by atoms with E-state index in [-0.39, 0.29) is 12.3 Å². The van der Waals surface area contributed by atoms with Crippen molar-refractivity contribution in [3.05, 3.63) is 64.2 Å². The van der Waals surface area contributed by atoms with E-state index in [9.17, 15) is 14.9 Å². The number of carbonyl (C=O) groups is 1. The Balaban J connectivity index is 1.73. The van der Waals surface area contributed by atoms with Crippen LogP contribution in [0.3, 0.4) is 0 Å². The van der Waals surface area contributed by atoms with Gasteiger partial charge in [-0.15, -0.1) is 0 Å². The summed E-state index contributed by atoms with van der Waals surface area (Å²) in [7, 11) is 0. The fourth-order valence-corrected chi connectivity index (χ4v) is 2.01. The molecule has 0 aromatic heterocycles. The molecule has 0 saturated heterocycles. The minimum atomic E-state index is -0.505. The maximum absolute atomic E-state index is 11.7. The number of benzene rings is 2. The van der Waals surface area contributed by atoms with Gasteiger partial charge in [-0.25, -0.2) is 5.43 Å². The highest BCUT2D eigenvalue weighted by Gasteiger charge is 2.06. The maximum atomic E-state index is 11.7. The third kappa shape index (κ3) is 7.15. The lowest BCUT2D eigenvalue weighted by Gasteiger charge is -2.05. The van der Waals surface area contributed by atoms with Gasteiger partial charge in [0.15, 0.2) is 6.61 Å². The van der Waals surface area contributed by atoms with E-state index < -0.39 is 10.8 Å². The summed E-state index contributed by atoms with van der Waals surface area (Å²) >= 11 is 0. The maximum Gasteiger partial charge on any atom is 0.277 e. The summed E-state index contributed by atoms with van der Waals surface area (Å²) in [5.74, 6) is 0.712. The van der Waals surface area contributed by atoms with Gasteiger partial charge in [-0.2, -0.15) is 5.10 Å². The zero-order valence-corrected chi connectivity index (χ0v) is 15.0. The number of hydrogen-bond donors (Lipinski definition) is 1. The van der Waals surface area contributed by atoms with Crippen LogP contribution in [-0.2, 0) is 4.79 Å². The minimum Gasteiger partial charge on any atom is -0.494 e. The molecule has 8 heteroatoms. The van der Waals surface area contributed by atoms with Gasteiger partial charge in [0.1, 0.15) is 11.5 Å². The Morgan fingerprint density at radius 3 is 2.37 bits per heavy atom. The molecule has 1 N–H and O–H groups in total. The molecule has 0 aliphatic carbocycles. The first kappa shape index (κ1) is 19.9. The zero-order valence-electron chi connectivity index (χ0n) is 15.0. The quantitative estimate of drug-likeness (QED) is 0.299. The van der Waals surface area contributed by atoms with Crippen LogP contribution >= 0.6 is 0 Å². The van der Waals surface area contributed by atoms with E-state index in [0.29, 0.717) is 12.4 Å². The van der Waals surface area contributed by atoms with Crippen molar-refractivity contribution in [2.45, 2.75) is 19.8 Å².